The maximum atomic E-state index is 11.1. The zero-order valence-corrected chi connectivity index (χ0v) is 20.3. The fourth-order valence-corrected chi connectivity index (χ4v) is 3.05. The quantitative estimate of drug-likeness (QED) is 0.0951. The van der Waals surface area contributed by atoms with E-state index in [9.17, 15) is 9.59 Å². The smallest absolute Gasteiger partial charge is 0.333 e. The molecule has 0 saturated carbocycles. The number of hydrogen-bond donors (Lipinski definition) is 1. The summed E-state index contributed by atoms with van der Waals surface area (Å²) in [6, 6.07) is 0. The van der Waals surface area contributed by atoms with E-state index >= 15 is 0 Å². The zero-order valence-electron chi connectivity index (χ0n) is 20.3. The molecule has 0 fully saturated rings. The first kappa shape index (κ1) is 31.6. The van der Waals surface area contributed by atoms with Crippen molar-refractivity contribution in [3.8, 4) is 0 Å². The molecule has 31 heavy (non-hydrogen) atoms. The zero-order chi connectivity index (χ0) is 23.6. The summed E-state index contributed by atoms with van der Waals surface area (Å²) in [6.45, 7) is 10.5. The van der Waals surface area contributed by atoms with E-state index < -0.39 is 5.97 Å². The molecule has 0 aliphatic heterocycles. The number of ether oxygens (including phenoxy) is 2. The Morgan fingerprint density at radius 1 is 0.806 bits per heavy atom. The molecule has 0 radical (unpaired) electrons. The molecule has 0 saturated heterocycles. The fourth-order valence-electron chi connectivity index (χ4n) is 3.05. The van der Waals surface area contributed by atoms with Gasteiger partial charge in [-0.2, -0.15) is 0 Å². The Kier molecular flexibility index (Phi) is 26.9. The largest absolute Gasteiger partial charge is 0.460 e. The molecular weight excluding hydrogens is 392 g/mol. The SMILES string of the molecule is C=C(C)C(=O)OCCO.C=COC(=O)CCCCCCCCCCCCCCCCC. The number of esters is 2. The summed E-state index contributed by atoms with van der Waals surface area (Å²) in [5, 5.41) is 8.19. The monoisotopic (exact) mass is 440 g/mol. The van der Waals surface area contributed by atoms with Crippen LogP contribution < -0.4 is 0 Å². The van der Waals surface area contributed by atoms with E-state index in [-0.39, 0.29) is 19.2 Å². The van der Waals surface area contributed by atoms with Gasteiger partial charge in [0, 0.05) is 12.0 Å². The van der Waals surface area contributed by atoms with Crippen molar-refractivity contribution in [2.75, 3.05) is 13.2 Å². The summed E-state index contributed by atoms with van der Waals surface area (Å²) in [5.74, 6) is -0.603. The van der Waals surface area contributed by atoms with Gasteiger partial charge in [-0.1, -0.05) is 110 Å². The Bertz CT molecular complexity index is 445. The lowest BCUT2D eigenvalue weighted by molar-refractivity contribution is -0.140. The number of aliphatic hydroxyl groups excluding tert-OH is 1. The van der Waals surface area contributed by atoms with Crippen molar-refractivity contribution in [2.24, 2.45) is 0 Å². The van der Waals surface area contributed by atoms with E-state index in [1.165, 1.54) is 89.7 Å². The van der Waals surface area contributed by atoms with Crippen molar-refractivity contribution in [3.63, 3.8) is 0 Å². The summed E-state index contributed by atoms with van der Waals surface area (Å²) in [6.07, 6.45) is 21.9. The Morgan fingerprint density at radius 2 is 1.23 bits per heavy atom. The second-order valence-corrected chi connectivity index (χ2v) is 8.00. The summed E-state index contributed by atoms with van der Waals surface area (Å²) in [7, 11) is 0. The molecule has 0 amide bonds. The van der Waals surface area contributed by atoms with Gasteiger partial charge in [0.15, 0.2) is 0 Å². The summed E-state index contributed by atoms with van der Waals surface area (Å²) < 4.78 is 9.15. The van der Waals surface area contributed by atoms with Crippen molar-refractivity contribution in [1.29, 1.82) is 0 Å². The van der Waals surface area contributed by atoms with Gasteiger partial charge in [0.25, 0.3) is 0 Å². The molecule has 0 bridgehead atoms. The minimum atomic E-state index is -0.455. The Hall–Kier alpha value is -1.62. The molecule has 0 heterocycles. The van der Waals surface area contributed by atoms with Crippen molar-refractivity contribution in [2.45, 2.75) is 117 Å². The van der Waals surface area contributed by atoms with Crippen molar-refractivity contribution in [3.05, 3.63) is 25.0 Å². The van der Waals surface area contributed by atoms with E-state index in [4.69, 9.17) is 5.11 Å². The van der Waals surface area contributed by atoms with Crippen LogP contribution in [0.4, 0.5) is 0 Å². The highest BCUT2D eigenvalue weighted by Gasteiger charge is 2.00. The first-order valence-corrected chi connectivity index (χ1v) is 12.2. The van der Waals surface area contributed by atoms with Gasteiger partial charge in [-0.15, -0.1) is 0 Å². The Balaban J connectivity index is 0. The van der Waals surface area contributed by atoms with Crippen molar-refractivity contribution >= 4 is 11.9 Å². The third-order valence-electron chi connectivity index (χ3n) is 4.87. The topological polar surface area (TPSA) is 72.8 Å². The van der Waals surface area contributed by atoms with Gasteiger partial charge >= 0.3 is 11.9 Å². The van der Waals surface area contributed by atoms with Crippen LogP contribution in [0.15, 0.2) is 25.0 Å². The molecule has 0 spiro atoms. The Morgan fingerprint density at radius 3 is 1.58 bits per heavy atom. The molecule has 0 aliphatic rings. The van der Waals surface area contributed by atoms with E-state index in [0.29, 0.717) is 12.0 Å². The van der Waals surface area contributed by atoms with Crippen LogP contribution in [0.2, 0.25) is 0 Å². The summed E-state index contributed by atoms with van der Waals surface area (Å²) in [4.78, 5) is 21.6. The molecule has 1 N–H and O–H groups in total. The molecule has 5 nitrogen and oxygen atoms in total. The molecule has 0 aromatic rings. The van der Waals surface area contributed by atoms with Gasteiger partial charge in [-0.3, -0.25) is 4.79 Å². The summed E-state index contributed by atoms with van der Waals surface area (Å²) in [5.41, 5.74) is 0.350. The minimum absolute atomic E-state index is 0.0473. The molecule has 0 aromatic heterocycles. The lowest BCUT2D eigenvalue weighted by Gasteiger charge is -2.03. The molecular formula is C26H48O5. The van der Waals surface area contributed by atoms with Crippen LogP contribution >= 0.6 is 0 Å². The molecule has 0 rings (SSSR count). The normalized spacial score (nSPS) is 10.0. The molecule has 0 aliphatic carbocycles. The lowest BCUT2D eigenvalue weighted by Crippen LogP contribution is -2.08. The number of carbonyl (C=O) groups excluding carboxylic acids is 2. The molecule has 5 heteroatoms. The molecule has 0 atom stereocenters. The van der Waals surface area contributed by atoms with Crippen LogP contribution in [0.25, 0.3) is 0 Å². The highest BCUT2D eigenvalue weighted by Crippen LogP contribution is 2.13. The number of hydrogen-bond acceptors (Lipinski definition) is 5. The lowest BCUT2D eigenvalue weighted by atomic mass is 10.0. The maximum Gasteiger partial charge on any atom is 0.333 e. The average Bonchev–Trinajstić information content (AvgIpc) is 2.75. The first-order chi connectivity index (χ1) is 15.0. The summed E-state index contributed by atoms with van der Waals surface area (Å²) >= 11 is 0. The molecule has 0 unspecified atom stereocenters. The van der Waals surface area contributed by atoms with E-state index in [1.54, 1.807) is 6.92 Å². The number of carbonyl (C=O) groups is 2. The number of unbranched alkanes of at least 4 members (excludes halogenated alkanes) is 14. The standard InChI is InChI=1S/C20H38O2.C6H10O3/c1-3-5-6-7-8-9-10-11-12-13-14-15-16-17-18-19-20(21)22-4-2;1-5(2)6(8)9-4-3-7/h4H,2-3,5-19H2,1H3;7H,1,3-4H2,2H3. The third-order valence-corrected chi connectivity index (χ3v) is 4.87. The predicted molar refractivity (Wildman–Crippen MR) is 129 cm³/mol. The fraction of sp³-hybridized carbons (Fsp3) is 0.769. The first-order valence-electron chi connectivity index (χ1n) is 12.2. The van der Waals surface area contributed by atoms with Gasteiger partial charge in [-0.25, -0.2) is 4.79 Å². The second kappa shape index (κ2) is 26.4. The second-order valence-electron chi connectivity index (χ2n) is 8.00. The Labute approximate surface area is 191 Å². The van der Waals surface area contributed by atoms with Gasteiger partial charge < -0.3 is 14.6 Å². The van der Waals surface area contributed by atoms with E-state index in [0.717, 1.165) is 12.8 Å². The van der Waals surface area contributed by atoms with Gasteiger partial charge in [0.1, 0.15) is 6.61 Å². The van der Waals surface area contributed by atoms with E-state index in [2.05, 4.69) is 29.6 Å². The van der Waals surface area contributed by atoms with Crippen LogP contribution in [0.5, 0.6) is 0 Å². The number of rotatable bonds is 20. The average molecular weight is 441 g/mol. The minimum Gasteiger partial charge on any atom is -0.460 e. The molecule has 182 valence electrons. The third kappa shape index (κ3) is 28.4. The van der Waals surface area contributed by atoms with Gasteiger partial charge in [-0.05, 0) is 13.3 Å². The highest BCUT2D eigenvalue weighted by atomic mass is 16.5. The van der Waals surface area contributed by atoms with Crippen molar-refractivity contribution < 1.29 is 24.2 Å². The highest BCUT2D eigenvalue weighted by molar-refractivity contribution is 5.86. The number of aliphatic hydroxyl groups is 1. The molecule has 0 aromatic carbocycles. The van der Waals surface area contributed by atoms with E-state index in [1.807, 2.05) is 0 Å². The van der Waals surface area contributed by atoms with Crippen LogP contribution in [-0.4, -0.2) is 30.3 Å². The van der Waals surface area contributed by atoms with Gasteiger partial charge in [0.05, 0.1) is 12.9 Å². The van der Waals surface area contributed by atoms with Crippen LogP contribution in [0, 0.1) is 0 Å². The maximum absolute atomic E-state index is 11.1. The van der Waals surface area contributed by atoms with Gasteiger partial charge in [0.2, 0.25) is 0 Å². The van der Waals surface area contributed by atoms with Crippen LogP contribution in [0.1, 0.15) is 117 Å². The van der Waals surface area contributed by atoms with Crippen molar-refractivity contribution in [1.82, 2.24) is 0 Å². The van der Waals surface area contributed by atoms with Crippen LogP contribution in [-0.2, 0) is 19.1 Å². The predicted octanol–water partition coefficient (Wildman–Crippen LogP) is 7.03. The van der Waals surface area contributed by atoms with Crippen LogP contribution in [0.3, 0.4) is 0 Å².